The molecule has 1 aromatic carbocycles. The lowest BCUT2D eigenvalue weighted by atomic mass is 9.94. The number of nitrogens with zero attached hydrogens (tertiary/aromatic N) is 2. The van der Waals surface area contributed by atoms with E-state index in [1.807, 2.05) is 23.0 Å². The second-order valence-corrected chi connectivity index (χ2v) is 7.24. The van der Waals surface area contributed by atoms with Crippen LogP contribution in [0.2, 0.25) is 0 Å². The van der Waals surface area contributed by atoms with E-state index in [-0.39, 0.29) is 11.8 Å². The summed E-state index contributed by atoms with van der Waals surface area (Å²) in [6.45, 7) is 3.38. The molecule has 3 aromatic rings. The van der Waals surface area contributed by atoms with Crippen molar-refractivity contribution in [3.63, 3.8) is 0 Å². The molecule has 0 bridgehead atoms. The monoisotopic (exact) mass is 365 g/mol. The zero-order valence-electron chi connectivity index (χ0n) is 15.3. The van der Waals surface area contributed by atoms with E-state index in [1.165, 1.54) is 6.20 Å². The lowest BCUT2D eigenvalue weighted by molar-refractivity contribution is -0.120. The summed E-state index contributed by atoms with van der Waals surface area (Å²) in [5, 5.41) is 8.39. The molecule has 7 nitrogen and oxygen atoms in total. The summed E-state index contributed by atoms with van der Waals surface area (Å²) in [5.74, 6) is -0.162. The number of H-pyrrole nitrogens is 1. The minimum absolute atomic E-state index is 0.00774. The Morgan fingerprint density at radius 2 is 2.26 bits per heavy atom. The standard InChI is InChI=1S/C20H23N5O2/c1-12-3-2-4-16-19(12)14(10-22-16)8-18(26)23-9-13-5-6-25-17(7-13)15(11-24-25)20(21)27/h2-4,10-11,13,22H,5-9H2,1H3,(H2,21,27)(H,23,26)/t13-/m1/s1. The minimum atomic E-state index is -0.448. The second kappa shape index (κ2) is 6.90. The van der Waals surface area contributed by atoms with Crippen molar-refractivity contribution in [1.29, 1.82) is 0 Å². The van der Waals surface area contributed by atoms with Crippen molar-refractivity contribution in [2.75, 3.05) is 6.54 Å². The largest absolute Gasteiger partial charge is 0.365 e. The van der Waals surface area contributed by atoms with Crippen molar-refractivity contribution in [3.05, 3.63) is 53.0 Å². The molecule has 0 fully saturated rings. The first-order valence-corrected chi connectivity index (χ1v) is 9.19. The lowest BCUT2D eigenvalue weighted by Crippen LogP contribution is -2.34. The highest BCUT2D eigenvalue weighted by molar-refractivity contribution is 5.93. The molecular formula is C20H23N5O2. The number of nitrogens with two attached hydrogens (primary N) is 1. The van der Waals surface area contributed by atoms with Crippen LogP contribution in [0.25, 0.3) is 10.9 Å². The zero-order chi connectivity index (χ0) is 19.0. The number of nitrogens with one attached hydrogen (secondary N) is 2. The number of hydrogen-bond donors (Lipinski definition) is 3. The van der Waals surface area contributed by atoms with Crippen LogP contribution in [0.5, 0.6) is 0 Å². The lowest BCUT2D eigenvalue weighted by Gasteiger charge is -2.24. The fraction of sp³-hybridized carbons (Fsp3) is 0.350. The maximum Gasteiger partial charge on any atom is 0.252 e. The van der Waals surface area contributed by atoms with Crippen LogP contribution < -0.4 is 11.1 Å². The van der Waals surface area contributed by atoms with E-state index >= 15 is 0 Å². The average Bonchev–Trinajstić information content (AvgIpc) is 3.24. The van der Waals surface area contributed by atoms with Gasteiger partial charge in [-0.15, -0.1) is 0 Å². The molecule has 0 spiro atoms. The van der Waals surface area contributed by atoms with Crippen LogP contribution >= 0.6 is 0 Å². The molecule has 1 atom stereocenters. The van der Waals surface area contributed by atoms with Gasteiger partial charge in [0.2, 0.25) is 5.91 Å². The first kappa shape index (κ1) is 17.3. The highest BCUT2D eigenvalue weighted by Crippen LogP contribution is 2.24. The number of hydrogen-bond acceptors (Lipinski definition) is 3. The maximum absolute atomic E-state index is 12.5. The summed E-state index contributed by atoms with van der Waals surface area (Å²) >= 11 is 0. The van der Waals surface area contributed by atoms with Crippen LogP contribution in [0.4, 0.5) is 0 Å². The first-order valence-electron chi connectivity index (χ1n) is 9.19. The summed E-state index contributed by atoms with van der Waals surface area (Å²) in [4.78, 5) is 27.2. The molecule has 0 radical (unpaired) electrons. The van der Waals surface area contributed by atoms with Crippen LogP contribution in [0, 0.1) is 12.8 Å². The maximum atomic E-state index is 12.5. The van der Waals surface area contributed by atoms with E-state index in [0.29, 0.717) is 24.9 Å². The number of primary amides is 1. The molecule has 1 aliphatic rings. The molecule has 7 heteroatoms. The summed E-state index contributed by atoms with van der Waals surface area (Å²) in [6, 6.07) is 6.08. The SMILES string of the molecule is Cc1cccc2[nH]cc(CC(=O)NC[C@@H]3CCn4ncc(C(N)=O)c4C3)c12. The predicted molar refractivity (Wildman–Crippen MR) is 102 cm³/mol. The topological polar surface area (TPSA) is 106 Å². The van der Waals surface area contributed by atoms with Crippen LogP contribution in [0.3, 0.4) is 0 Å². The molecule has 2 aromatic heterocycles. The molecule has 4 rings (SSSR count). The molecule has 4 N–H and O–H groups in total. The Kier molecular flexibility index (Phi) is 4.43. The van der Waals surface area contributed by atoms with Crippen molar-refractivity contribution >= 4 is 22.7 Å². The Morgan fingerprint density at radius 3 is 3.07 bits per heavy atom. The van der Waals surface area contributed by atoms with Gasteiger partial charge in [0.25, 0.3) is 5.91 Å². The number of carbonyl (C=O) groups is 2. The quantitative estimate of drug-likeness (QED) is 0.640. The second-order valence-electron chi connectivity index (χ2n) is 7.24. The van der Waals surface area contributed by atoms with Crippen LogP contribution in [-0.2, 0) is 24.2 Å². The van der Waals surface area contributed by atoms with Crippen molar-refractivity contribution in [3.8, 4) is 0 Å². The third kappa shape index (κ3) is 3.32. The number of rotatable bonds is 5. The van der Waals surface area contributed by atoms with Gasteiger partial charge in [-0.05, 0) is 42.9 Å². The number of aromatic amines is 1. The normalized spacial score (nSPS) is 16.3. The van der Waals surface area contributed by atoms with Crippen molar-refractivity contribution < 1.29 is 9.59 Å². The molecule has 3 heterocycles. The van der Waals surface area contributed by atoms with Crippen LogP contribution in [-0.4, -0.2) is 33.1 Å². The van der Waals surface area contributed by atoms with Gasteiger partial charge in [0, 0.05) is 30.2 Å². The summed E-state index contributed by atoms with van der Waals surface area (Å²) in [7, 11) is 0. The molecular weight excluding hydrogens is 342 g/mol. The zero-order valence-corrected chi connectivity index (χ0v) is 15.3. The van der Waals surface area contributed by atoms with Gasteiger partial charge in [-0.1, -0.05) is 12.1 Å². The van der Waals surface area contributed by atoms with E-state index in [2.05, 4.69) is 28.4 Å². The fourth-order valence-corrected chi connectivity index (χ4v) is 3.96. The summed E-state index contributed by atoms with van der Waals surface area (Å²) in [6.07, 6.45) is 5.42. The van der Waals surface area contributed by atoms with Gasteiger partial charge >= 0.3 is 0 Å². The number of fused-ring (bicyclic) bond motifs is 2. The van der Waals surface area contributed by atoms with Crippen molar-refractivity contribution in [1.82, 2.24) is 20.1 Å². The van der Waals surface area contributed by atoms with E-state index < -0.39 is 5.91 Å². The van der Waals surface area contributed by atoms with Crippen LogP contribution in [0.1, 0.15) is 33.6 Å². The van der Waals surface area contributed by atoms with E-state index in [9.17, 15) is 9.59 Å². The first-order chi connectivity index (χ1) is 13.0. The number of aromatic nitrogens is 3. The smallest absolute Gasteiger partial charge is 0.252 e. The molecule has 0 saturated heterocycles. The van der Waals surface area contributed by atoms with Gasteiger partial charge in [-0.3, -0.25) is 14.3 Å². The van der Waals surface area contributed by atoms with Crippen molar-refractivity contribution in [2.24, 2.45) is 11.7 Å². The minimum Gasteiger partial charge on any atom is -0.365 e. The van der Waals surface area contributed by atoms with Gasteiger partial charge in [-0.2, -0.15) is 5.10 Å². The molecule has 2 amide bonds. The Balaban J connectivity index is 1.38. The molecule has 0 aliphatic carbocycles. The summed E-state index contributed by atoms with van der Waals surface area (Å²) < 4.78 is 1.84. The van der Waals surface area contributed by atoms with Gasteiger partial charge in [-0.25, -0.2) is 0 Å². The van der Waals surface area contributed by atoms with E-state index in [1.54, 1.807) is 0 Å². The highest BCUT2D eigenvalue weighted by Gasteiger charge is 2.24. The molecule has 140 valence electrons. The molecule has 0 saturated carbocycles. The van der Waals surface area contributed by atoms with Gasteiger partial charge in [0.1, 0.15) is 0 Å². The number of aryl methyl sites for hydroxylation is 2. The van der Waals surface area contributed by atoms with Gasteiger partial charge < -0.3 is 16.0 Å². The highest BCUT2D eigenvalue weighted by atomic mass is 16.2. The molecule has 27 heavy (non-hydrogen) atoms. The van der Waals surface area contributed by atoms with E-state index in [4.69, 9.17) is 5.73 Å². The van der Waals surface area contributed by atoms with E-state index in [0.717, 1.165) is 40.7 Å². The average molecular weight is 365 g/mol. The molecule has 0 unspecified atom stereocenters. The van der Waals surface area contributed by atoms with Crippen molar-refractivity contribution in [2.45, 2.75) is 32.7 Å². The van der Waals surface area contributed by atoms with Gasteiger partial charge in [0.15, 0.2) is 0 Å². The predicted octanol–water partition coefficient (Wildman–Crippen LogP) is 1.69. The number of benzene rings is 1. The number of amides is 2. The number of carbonyl (C=O) groups excluding carboxylic acids is 2. The summed E-state index contributed by atoms with van der Waals surface area (Å²) in [5.41, 5.74) is 10.0. The Labute approximate surface area is 156 Å². The Hall–Kier alpha value is -3.09. The van der Waals surface area contributed by atoms with Gasteiger partial charge in [0.05, 0.1) is 23.9 Å². The molecule has 1 aliphatic heterocycles. The third-order valence-corrected chi connectivity index (χ3v) is 5.38. The third-order valence-electron chi connectivity index (χ3n) is 5.38. The Morgan fingerprint density at radius 1 is 1.41 bits per heavy atom. The Bertz CT molecular complexity index is 1020. The fourth-order valence-electron chi connectivity index (χ4n) is 3.96. The van der Waals surface area contributed by atoms with Crippen LogP contribution in [0.15, 0.2) is 30.6 Å².